The van der Waals surface area contributed by atoms with Crippen molar-refractivity contribution in [1.29, 1.82) is 0 Å². The minimum Gasteiger partial charge on any atom is -0.436 e. The van der Waals surface area contributed by atoms with Gasteiger partial charge in [0.15, 0.2) is 5.58 Å². The van der Waals surface area contributed by atoms with Crippen molar-refractivity contribution in [3.8, 4) is 22.6 Å². The number of benzene rings is 7. The van der Waals surface area contributed by atoms with Gasteiger partial charge in [-0.25, -0.2) is 4.98 Å². The van der Waals surface area contributed by atoms with Crippen LogP contribution in [0.1, 0.15) is 0 Å². The molecule has 8 rings (SSSR count). The summed E-state index contributed by atoms with van der Waals surface area (Å²) in [5.74, 6) is 0.636. The third-order valence-electron chi connectivity index (χ3n) is 7.86. The number of anilines is 3. The Kier molecular flexibility index (Phi) is 5.79. The second-order valence-corrected chi connectivity index (χ2v) is 10.4. The van der Waals surface area contributed by atoms with Gasteiger partial charge in [-0.3, -0.25) is 0 Å². The van der Waals surface area contributed by atoms with E-state index in [1.165, 1.54) is 21.9 Å². The summed E-state index contributed by atoms with van der Waals surface area (Å²) in [4.78, 5) is 7.27. The number of aromatic nitrogens is 1. The third kappa shape index (κ3) is 4.11. The standard InChI is InChI=1S/C39H26N2O/c1-4-13-28(14-5-1)37-33-19-11-10-12-27(33)20-24-35(37)41(31-17-8-3-9-18-31)32-22-23-34-30(26-32)21-25-36-38(34)40-39(42-36)29-15-6-2-7-16-29/h1-26H. The monoisotopic (exact) mass is 538 g/mol. The highest BCUT2D eigenvalue weighted by atomic mass is 16.3. The van der Waals surface area contributed by atoms with Gasteiger partial charge in [0, 0.05) is 27.9 Å². The Morgan fingerprint density at radius 1 is 0.476 bits per heavy atom. The van der Waals surface area contributed by atoms with Gasteiger partial charge in [0.25, 0.3) is 0 Å². The molecule has 7 aromatic carbocycles. The first-order chi connectivity index (χ1) is 20.8. The Bertz CT molecular complexity index is 2190. The Morgan fingerprint density at radius 3 is 1.93 bits per heavy atom. The number of para-hydroxylation sites is 1. The fraction of sp³-hybridized carbons (Fsp3) is 0. The zero-order valence-corrected chi connectivity index (χ0v) is 22.8. The van der Waals surface area contributed by atoms with E-state index in [1.54, 1.807) is 0 Å². The minimum atomic E-state index is 0.636. The van der Waals surface area contributed by atoms with E-state index in [1.807, 2.05) is 36.4 Å². The van der Waals surface area contributed by atoms with Crippen LogP contribution in [0.25, 0.3) is 55.2 Å². The van der Waals surface area contributed by atoms with Crippen molar-refractivity contribution in [2.24, 2.45) is 0 Å². The molecule has 0 saturated heterocycles. The van der Waals surface area contributed by atoms with Crippen LogP contribution in [0.4, 0.5) is 17.1 Å². The highest BCUT2D eigenvalue weighted by Crippen LogP contribution is 2.45. The normalized spacial score (nSPS) is 11.3. The molecule has 0 aliphatic rings. The molecule has 0 unspecified atom stereocenters. The van der Waals surface area contributed by atoms with Gasteiger partial charge in [0.05, 0.1) is 5.69 Å². The van der Waals surface area contributed by atoms with Gasteiger partial charge in [-0.05, 0) is 76.3 Å². The second kappa shape index (κ2) is 10.1. The summed E-state index contributed by atoms with van der Waals surface area (Å²) in [7, 11) is 0. The fourth-order valence-corrected chi connectivity index (χ4v) is 5.91. The smallest absolute Gasteiger partial charge is 0.227 e. The molecule has 8 aromatic rings. The van der Waals surface area contributed by atoms with E-state index < -0.39 is 0 Å². The molecular weight excluding hydrogens is 512 g/mol. The molecule has 0 fully saturated rings. The molecule has 1 heterocycles. The third-order valence-corrected chi connectivity index (χ3v) is 7.86. The highest BCUT2D eigenvalue weighted by Gasteiger charge is 2.20. The molecular formula is C39H26N2O. The van der Waals surface area contributed by atoms with Crippen LogP contribution in [-0.2, 0) is 0 Å². The molecule has 3 nitrogen and oxygen atoms in total. The summed E-state index contributed by atoms with van der Waals surface area (Å²) in [5, 5.41) is 4.61. The number of nitrogens with zero attached hydrogens (tertiary/aromatic N) is 2. The van der Waals surface area contributed by atoms with Gasteiger partial charge in [-0.2, -0.15) is 0 Å². The zero-order chi connectivity index (χ0) is 27.9. The lowest BCUT2D eigenvalue weighted by Gasteiger charge is -2.29. The van der Waals surface area contributed by atoms with Gasteiger partial charge in [0.1, 0.15) is 5.52 Å². The van der Waals surface area contributed by atoms with Gasteiger partial charge in [-0.1, -0.05) is 103 Å². The quantitative estimate of drug-likeness (QED) is 0.218. The molecule has 0 amide bonds. The van der Waals surface area contributed by atoms with Crippen LogP contribution in [0.3, 0.4) is 0 Å². The lowest BCUT2D eigenvalue weighted by atomic mass is 9.95. The van der Waals surface area contributed by atoms with Crippen LogP contribution in [0.2, 0.25) is 0 Å². The molecule has 198 valence electrons. The summed E-state index contributed by atoms with van der Waals surface area (Å²) in [6.45, 7) is 0. The predicted octanol–water partition coefficient (Wildman–Crippen LogP) is 10.9. The Hall–Kier alpha value is -5.67. The van der Waals surface area contributed by atoms with Crippen LogP contribution >= 0.6 is 0 Å². The molecule has 1 aromatic heterocycles. The first-order valence-corrected chi connectivity index (χ1v) is 14.1. The van der Waals surface area contributed by atoms with Crippen LogP contribution in [0.5, 0.6) is 0 Å². The molecule has 3 heteroatoms. The predicted molar refractivity (Wildman–Crippen MR) is 175 cm³/mol. The van der Waals surface area contributed by atoms with E-state index in [0.29, 0.717) is 5.89 Å². The van der Waals surface area contributed by atoms with Gasteiger partial charge in [-0.15, -0.1) is 0 Å². The lowest BCUT2D eigenvalue weighted by Crippen LogP contribution is -2.11. The molecule has 0 bridgehead atoms. The average molecular weight is 539 g/mol. The molecule has 42 heavy (non-hydrogen) atoms. The first kappa shape index (κ1) is 24.2. The Balaban J connectivity index is 1.35. The van der Waals surface area contributed by atoms with Crippen LogP contribution in [-0.4, -0.2) is 4.98 Å². The van der Waals surface area contributed by atoms with Crippen molar-refractivity contribution < 1.29 is 4.42 Å². The summed E-state index contributed by atoms with van der Waals surface area (Å²) < 4.78 is 6.16. The largest absolute Gasteiger partial charge is 0.436 e. The number of oxazole rings is 1. The molecule has 0 spiro atoms. The van der Waals surface area contributed by atoms with Crippen molar-refractivity contribution in [2.75, 3.05) is 4.90 Å². The zero-order valence-electron chi connectivity index (χ0n) is 22.8. The van der Waals surface area contributed by atoms with Crippen LogP contribution in [0, 0.1) is 0 Å². The highest BCUT2D eigenvalue weighted by molar-refractivity contribution is 6.08. The maximum Gasteiger partial charge on any atom is 0.227 e. The summed E-state index contributed by atoms with van der Waals surface area (Å²) in [5.41, 5.74) is 8.32. The average Bonchev–Trinajstić information content (AvgIpc) is 3.51. The topological polar surface area (TPSA) is 29.3 Å². The lowest BCUT2D eigenvalue weighted by molar-refractivity contribution is 0.620. The van der Waals surface area contributed by atoms with Crippen molar-refractivity contribution in [3.63, 3.8) is 0 Å². The summed E-state index contributed by atoms with van der Waals surface area (Å²) in [6.07, 6.45) is 0. The Labute approximate surface area is 243 Å². The van der Waals surface area contributed by atoms with Gasteiger partial charge >= 0.3 is 0 Å². The maximum atomic E-state index is 6.16. The molecule has 0 radical (unpaired) electrons. The van der Waals surface area contributed by atoms with Crippen LogP contribution in [0.15, 0.2) is 162 Å². The fourth-order valence-electron chi connectivity index (χ4n) is 5.91. The summed E-state index contributed by atoms with van der Waals surface area (Å²) in [6, 6.07) is 55.2. The van der Waals surface area contributed by atoms with E-state index in [-0.39, 0.29) is 0 Å². The molecule has 0 N–H and O–H groups in total. The van der Waals surface area contributed by atoms with E-state index in [4.69, 9.17) is 9.40 Å². The van der Waals surface area contributed by atoms with Crippen molar-refractivity contribution in [3.05, 3.63) is 158 Å². The van der Waals surface area contributed by atoms with Gasteiger partial charge in [0.2, 0.25) is 5.89 Å². The second-order valence-electron chi connectivity index (χ2n) is 10.4. The maximum absolute atomic E-state index is 6.16. The minimum absolute atomic E-state index is 0.636. The number of fused-ring (bicyclic) bond motifs is 4. The van der Waals surface area contributed by atoms with E-state index in [2.05, 4.69) is 126 Å². The summed E-state index contributed by atoms with van der Waals surface area (Å²) >= 11 is 0. The number of rotatable bonds is 5. The SMILES string of the molecule is c1ccc(-c2nc3c(ccc4cc(N(c5ccccc5)c5ccc6ccccc6c5-c5ccccc5)ccc43)o2)cc1. The van der Waals surface area contributed by atoms with E-state index >= 15 is 0 Å². The number of hydrogen-bond donors (Lipinski definition) is 0. The Morgan fingerprint density at radius 2 is 1.14 bits per heavy atom. The van der Waals surface area contributed by atoms with Crippen molar-refractivity contribution >= 4 is 49.7 Å². The van der Waals surface area contributed by atoms with E-state index in [9.17, 15) is 0 Å². The molecule has 0 saturated carbocycles. The molecule has 0 atom stereocenters. The number of hydrogen-bond acceptors (Lipinski definition) is 3. The first-order valence-electron chi connectivity index (χ1n) is 14.1. The van der Waals surface area contributed by atoms with Crippen LogP contribution < -0.4 is 4.90 Å². The molecule has 0 aliphatic carbocycles. The van der Waals surface area contributed by atoms with Gasteiger partial charge < -0.3 is 9.32 Å². The van der Waals surface area contributed by atoms with Crippen molar-refractivity contribution in [2.45, 2.75) is 0 Å². The van der Waals surface area contributed by atoms with E-state index in [0.717, 1.165) is 44.5 Å². The molecule has 0 aliphatic heterocycles. The van der Waals surface area contributed by atoms with Crippen molar-refractivity contribution in [1.82, 2.24) is 4.98 Å².